The van der Waals surface area contributed by atoms with Gasteiger partial charge in [0.15, 0.2) is 5.13 Å². The Morgan fingerprint density at radius 2 is 1.85 bits per heavy atom. The minimum atomic E-state index is -3.77. The Labute approximate surface area is 201 Å². The van der Waals surface area contributed by atoms with Crippen LogP contribution in [-0.2, 0) is 14.8 Å². The molecule has 0 bridgehead atoms. The Bertz CT molecular complexity index is 1250. The number of sulfonamides is 1. The van der Waals surface area contributed by atoms with Crippen molar-refractivity contribution in [3.8, 4) is 5.75 Å². The highest BCUT2D eigenvalue weighted by molar-refractivity contribution is 7.93. The van der Waals surface area contributed by atoms with Crippen molar-refractivity contribution in [1.29, 1.82) is 0 Å². The number of urea groups is 1. The van der Waals surface area contributed by atoms with E-state index in [1.807, 2.05) is 19.1 Å². The van der Waals surface area contributed by atoms with Gasteiger partial charge < -0.3 is 15.0 Å². The summed E-state index contributed by atoms with van der Waals surface area (Å²) in [5.41, 5.74) is 1.16. The fraction of sp³-hybridized carbons (Fsp3) is 0.227. The third-order valence-corrected chi connectivity index (χ3v) is 7.16. The molecule has 1 saturated heterocycles. The lowest BCUT2D eigenvalue weighted by atomic mass is 10.3. The Balaban J connectivity index is 1.32. The number of anilines is 3. The maximum Gasteiger partial charge on any atom is 0.325 e. The van der Waals surface area contributed by atoms with E-state index in [2.05, 4.69) is 15.0 Å². The molecule has 0 unspecified atom stereocenters. The summed E-state index contributed by atoms with van der Waals surface area (Å²) in [6, 6.07) is 12.7. The fourth-order valence-electron chi connectivity index (χ4n) is 3.40. The molecule has 0 spiro atoms. The zero-order chi connectivity index (χ0) is 24.1. The van der Waals surface area contributed by atoms with E-state index in [-0.39, 0.29) is 28.5 Å². The number of nitrogens with zero attached hydrogens (tertiary/aromatic N) is 3. The Kier molecular flexibility index (Phi) is 6.98. The number of nitrogens with one attached hydrogen (secondary N) is 2. The smallest absolute Gasteiger partial charge is 0.325 e. The first-order valence-electron chi connectivity index (χ1n) is 10.5. The summed E-state index contributed by atoms with van der Waals surface area (Å²) < 4.78 is 32.6. The van der Waals surface area contributed by atoms with Crippen molar-refractivity contribution in [3.05, 3.63) is 60.1 Å². The van der Waals surface area contributed by atoms with Crippen molar-refractivity contribution in [2.45, 2.75) is 11.8 Å². The lowest BCUT2D eigenvalue weighted by Gasteiger charge is -2.19. The van der Waals surface area contributed by atoms with E-state index in [0.717, 1.165) is 11.4 Å². The number of hydrogen-bond donors (Lipinski definition) is 2. The Hall–Kier alpha value is -3.64. The van der Waals surface area contributed by atoms with E-state index >= 15 is 0 Å². The van der Waals surface area contributed by atoms with Crippen LogP contribution in [0.5, 0.6) is 5.75 Å². The molecule has 10 nitrogen and oxygen atoms in total. The lowest BCUT2D eigenvalue weighted by Crippen LogP contribution is -2.37. The van der Waals surface area contributed by atoms with Gasteiger partial charge >= 0.3 is 6.03 Å². The van der Waals surface area contributed by atoms with Crippen LogP contribution in [0.3, 0.4) is 0 Å². The van der Waals surface area contributed by atoms with Gasteiger partial charge in [0.2, 0.25) is 5.91 Å². The number of aromatic nitrogens is 1. The molecule has 0 radical (unpaired) electrons. The van der Waals surface area contributed by atoms with Gasteiger partial charge in [0.25, 0.3) is 10.0 Å². The molecule has 2 heterocycles. The minimum Gasteiger partial charge on any atom is -0.494 e. The molecule has 0 saturated carbocycles. The standard InChI is InChI=1S/C22H23N5O5S2/c1-2-32-18-7-5-17(6-8-18)27-13-12-26(22(27)29)15-20(28)24-16-3-9-19(10-4-16)34(30,31)25-21-23-11-14-33-21/h3-11,14H,2,12-13,15H2,1H3,(H,23,25)(H,24,28). The molecular weight excluding hydrogens is 478 g/mol. The minimum absolute atomic E-state index is 0.0430. The molecule has 34 heavy (non-hydrogen) atoms. The summed E-state index contributed by atoms with van der Waals surface area (Å²) in [5.74, 6) is 0.352. The molecule has 12 heteroatoms. The van der Waals surface area contributed by atoms with Crippen molar-refractivity contribution in [1.82, 2.24) is 9.88 Å². The average Bonchev–Trinajstić information content (AvgIpc) is 3.44. The first-order valence-corrected chi connectivity index (χ1v) is 12.8. The predicted molar refractivity (Wildman–Crippen MR) is 130 cm³/mol. The van der Waals surface area contributed by atoms with Gasteiger partial charge in [-0.2, -0.15) is 0 Å². The van der Waals surface area contributed by atoms with Crippen molar-refractivity contribution in [3.63, 3.8) is 0 Å². The van der Waals surface area contributed by atoms with E-state index in [4.69, 9.17) is 4.74 Å². The van der Waals surface area contributed by atoms with Crippen molar-refractivity contribution in [2.24, 2.45) is 0 Å². The summed E-state index contributed by atoms with van der Waals surface area (Å²) >= 11 is 1.17. The zero-order valence-electron chi connectivity index (χ0n) is 18.3. The first kappa shape index (κ1) is 23.5. The fourth-order valence-corrected chi connectivity index (χ4v) is 5.19. The number of carbonyl (C=O) groups is 2. The van der Waals surface area contributed by atoms with E-state index < -0.39 is 10.0 Å². The third kappa shape index (κ3) is 5.46. The van der Waals surface area contributed by atoms with Crippen LogP contribution < -0.4 is 19.7 Å². The van der Waals surface area contributed by atoms with Gasteiger partial charge in [0, 0.05) is 36.0 Å². The van der Waals surface area contributed by atoms with Crippen LogP contribution in [0.4, 0.5) is 21.3 Å². The van der Waals surface area contributed by atoms with Gasteiger partial charge in [-0.25, -0.2) is 18.2 Å². The number of benzene rings is 2. The maximum absolute atomic E-state index is 12.8. The Morgan fingerprint density at radius 1 is 1.12 bits per heavy atom. The predicted octanol–water partition coefficient (Wildman–Crippen LogP) is 3.22. The van der Waals surface area contributed by atoms with Gasteiger partial charge in [0.05, 0.1) is 11.5 Å². The second-order valence-corrected chi connectivity index (χ2v) is 9.87. The van der Waals surface area contributed by atoms with E-state index in [9.17, 15) is 18.0 Å². The number of amides is 3. The van der Waals surface area contributed by atoms with E-state index in [1.54, 1.807) is 22.4 Å². The molecule has 4 rings (SSSR count). The van der Waals surface area contributed by atoms with Crippen molar-refractivity contribution in [2.75, 3.05) is 41.2 Å². The highest BCUT2D eigenvalue weighted by atomic mass is 32.2. The van der Waals surface area contributed by atoms with Crippen LogP contribution >= 0.6 is 11.3 Å². The molecule has 1 fully saturated rings. The van der Waals surface area contributed by atoms with Crippen LogP contribution in [0.25, 0.3) is 0 Å². The van der Waals surface area contributed by atoms with Gasteiger partial charge in [-0.1, -0.05) is 0 Å². The number of ether oxygens (including phenoxy) is 1. The lowest BCUT2D eigenvalue weighted by molar-refractivity contribution is -0.116. The molecular formula is C22H23N5O5S2. The number of carbonyl (C=O) groups excluding carboxylic acids is 2. The average molecular weight is 502 g/mol. The first-order chi connectivity index (χ1) is 16.4. The van der Waals surface area contributed by atoms with Gasteiger partial charge in [-0.15, -0.1) is 11.3 Å². The summed E-state index contributed by atoms with van der Waals surface area (Å²) in [4.78, 5) is 32.3. The number of thiazole rings is 1. The van der Waals surface area contributed by atoms with Crippen LogP contribution in [0, 0.1) is 0 Å². The summed E-state index contributed by atoms with van der Waals surface area (Å²) in [7, 11) is -3.77. The molecule has 2 N–H and O–H groups in total. The van der Waals surface area contributed by atoms with Crippen LogP contribution in [0.1, 0.15) is 6.92 Å². The van der Waals surface area contributed by atoms with Crippen molar-refractivity contribution >= 4 is 49.8 Å². The van der Waals surface area contributed by atoms with Crippen LogP contribution in [0.2, 0.25) is 0 Å². The quantitative estimate of drug-likeness (QED) is 0.464. The van der Waals surface area contributed by atoms with Gasteiger partial charge in [-0.3, -0.25) is 14.4 Å². The summed E-state index contributed by atoms with van der Waals surface area (Å²) in [6.07, 6.45) is 1.50. The van der Waals surface area contributed by atoms with Crippen molar-refractivity contribution < 1.29 is 22.7 Å². The number of rotatable bonds is 9. The van der Waals surface area contributed by atoms with Gasteiger partial charge in [-0.05, 0) is 55.5 Å². The molecule has 0 atom stereocenters. The summed E-state index contributed by atoms with van der Waals surface area (Å²) in [6.45, 7) is 3.24. The second-order valence-electron chi connectivity index (χ2n) is 7.30. The molecule has 178 valence electrons. The Morgan fingerprint density at radius 3 is 2.50 bits per heavy atom. The SMILES string of the molecule is CCOc1ccc(N2CCN(CC(=O)Nc3ccc(S(=O)(=O)Nc4nccs4)cc3)C2=O)cc1. The van der Waals surface area contributed by atoms with Crippen LogP contribution in [-0.4, -0.2) is 56.5 Å². The van der Waals surface area contributed by atoms with E-state index in [0.29, 0.717) is 25.4 Å². The van der Waals surface area contributed by atoms with Gasteiger partial charge in [0.1, 0.15) is 12.3 Å². The van der Waals surface area contributed by atoms with E-state index in [1.165, 1.54) is 46.7 Å². The summed E-state index contributed by atoms with van der Waals surface area (Å²) in [5, 5.41) is 4.63. The largest absolute Gasteiger partial charge is 0.494 e. The van der Waals surface area contributed by atoms with Crippen LogP contribution in [0.15, 0.2) is 65.0 Å². The molecule has 3 amide bonds. The third-order valence-electron chi connectivity index (χ3n) is 4.99. The topological polar surface area (TPSA) is 121 Å². The molecule has 1 aliphatic heterocycles. The maximum atomic E-state index is 12.8. The monoisotopic (exact) mass is 501 g/mol. The molecule has 2 aromatic carbocycles. The highest BCUT2D eigenvalue weighted by Crippen LogP contribution is 2.24. The zero-order valence-corrected chi connectivity index (χ0v) is 19.9. The molecule has 1 aromatic heterocycles. The second kappa shape index (κ2) is 10.1. The molecule has 1 aliphatic rings. The number of hydrogen-bond acceptors (Lipinski definition) is 7. The normalized spacial score (nSPS) is 13.7. The molecule has 0 aliphatic carbocycles. The highest BCUT2D eigenvalue weighted by Gasteiger charge is 2.30. The molecule has 3 aromatic rings.